The van der Waals surface area contributed by atoms with Crippen molar-refractivity contribution < 1.29 is 26.7 Å². The third-order valence-corrected chi connectivity index (χ3v) is 7.53. The molecule has 2 fully saturated rings. The third kappa shape index (κ3) is 4.93. The van der Waals surface area contributed by atoms with Crippen molar-refractivity contribution >= 4 is 33.4 Å². The van der Waals surface area contributed by atoms with Gasteiger partial charge in [0.2, 0.25) is 15.9 Å². The predicted octanol–water partition coefficient (Wildman–Crippen LogP) is 3.05. The highest BCUT2D eigenvalue weighted by Crippen LogP contribution is 2.38. The van der Waals surface area contributed by atoms with Crippen LogP contribution in [-0.2, 0) is 20.6 Å². The van der Waals surface area contributed by atoms with Gasteiger partial charge >= 0.3 is 0 Å². The fraction of sp³-hybridized carbons (Fsp3) is 0.350. The first-order valence-corrected chi connectivity index (χ1v) is 12.2. The monoisotopic (exact) mass is 454 g/mol. The molecule has 2 N–H and O–H groups in total. The van der Waals surface area contributed by atoms with E-state index >= 15 is 0 Å². The van der Waals surface area contributed by atoms with Crippen LogP contribution in [0.2, 0.25) is 0 Å². The molecule has 4 rings (SSSR count). The molecule has 0 atom stereocenters. The molecule has 1 saturated carbocycles. The molecule has 0 aromatic heterocycles. The van der Waals surface area contributed by atoms with Crippen molar-refractivity contribution in [2.75, 3.05) is 16.8 Å². The fourth-order valence-electron chi connectivity index (χ4n) is 3.02. The highest BCUT2D eigenvalue weighted by molar-refractivity contribution is 8.00. The van der Waals surface area contributed by atoms with E-state index in [4.69, 9.17) is 4.74 Å². The Labute approximate surface area is 177 Å². The minimum atomic E-state index is -4.01. The Morgan fingerprint density at radius 3 is 2.40 bits per heavy atom. The van der Waals surface area contributed by atoms with Crippen LogP contribution in [0, 0.1) is 11.6 Å². The molecular weight excluding hydrogens is 434 g/mol. The standard InChI is InChI=1S/C20H20F2N2O4S2/c21-14-2-1-13(18(22)9-14)12-30(26,27)24-20(7-8-20)19(25)23-15-3-5-16(6-4-15)28-17-10-29-11-17/h1-6,9,17,24H,7-8,10-12H2,(H,23,25). The predicted molar refractivity (Wildman–Crippen MR) is 111 cm³/mol. The maximum Gasteiger partial charge on any atom is 0.245 e. The first kappa shape index (κ1) is 21.1. The minimum absolute atomic E-state index is 0.166. The quantitative estimate of drug-likeness (QED) is 0.641. The first-order valence-electron chi connectivity index (χ1n) is 9.36. The molecule has 1 aliphatic carbocycles. The minimum Gasteiger partial charge on any atom is -0.489 e. The summed E-state index contributed by atoms with van der Waals surface area (Å²) in [6.07, 6.45) is 0.889. The van der Waals surface area contributed by atoms with Crippen molar-refractivity contribution in [3.8, 4) is 5.75 Å². The van der Waals surface area contributed by atoms with Crippen LogP contribution in [0.5, 0.6) is 5.75 Å². The Morgan fingerprint density at radius 1 is 1.13 bits per heavy atom. The van der Waals surface area contributed by atoms with E-state index in [1.165, 1.54) is 0 Å². The number of thioether (sulfide) groups is 1. The van der Waals surface area contributed by atoms with Gasteiger partial charge in [0.15, 0.2) is 0 Å². The molecule has 0 unspecified atom stereocenters. The summed E-state index contributed by atoms with van der Waals surface area (Å²) in [4.78, 5) is 12.7. The largest absolute Gasteiger partial charge is 0.489 e. The van der Waals surface area contributed by atoms with Crippen LogP contribution in [0.25, 0.3) is 0 Å². The van der Waals surface area contributed by atoms with Gasteiger partial charge in [-0.05, 0) is 43.2 Å². The molecule has 1 saturated heterocycles. The Bertz CT molecular complexity index is 1050. The van der Waals surface area contributed by atoms with E-state index < -0.39 is 38.9 Å². The van der Waals surface area contributed by atoms with Gasteiger partial charge < -0.3 is 10.1 Å². The molecule has 0 bridgehead atoms. The van der Waals surface area contributed by atoms with E-state index in [1.54, 1.807) is 24.3 Å². The normalized spacial score (nSPS) is 17.8. The smallest absolute Gasteiger partial charge is 0.245 e. The molecule has 0 radical (unpaired) electrons. The van der Waals surface area contributed by atoms with Gasteiger partial charge in [-0.1, -0.05) is 6.07 Å². The van der Waals surface area contributed by atoms with E-state index in [0.717, 1.165) is 23.6 Å². The van der Waals surface area contributed by atoms with E-state index in [1.807, 2.05) is 11.8 Å². The zero-order valence-corrected chi connectivity index (χ0v) is 17.5. The summed E-state index contributed by atoms with van der Waals surface area (Å²) in [6, 6.07) is 9.58. The number of carbonyl (C=O) groups is 1. The molecule has 30 heavy (non-hydrogen) atoms. The van der Waals surface area contributed by atoms with Gasteiger partial charge in [0, 0.05) is 28.8 Å². The highest BCUT2D eigenvalue weighted by Gasteiger charge is 2.52. The number of benzene rings is 2. The fourth-order valence-corrected chi connectivity index (χ4v) is 5.19. The number of ether oxygens (including phenoxy) is 1. The lowest BCUT2D eigenvalue weighted by atomic mass is 10.2. The average molecular weight is 455 g/mol. The Kier molecular flexibility index (Phi) is 5.73. The Morgan fingerprint density at radius 2 is 1.83 bits per heavy atom. The van der Waals surface area contributed by atoms with Crippen molar-refractivity contribution in [2.45, 2.75) is 30.2 Å². The van der Waals surface area contributed by atoms with Crippen LogP contribution in [0.3, 0.4) is 0 Å². The van der Waals surface area contributed by atoms with Crippen LogP contribution in [0.1, 0.15) is 18.4 Å². The zero-order valence-electron chi connectivity index (χ0n) is 15.9. The molecule has 0 spiro atoms. The number of anilines is 1. The summed E-state index contributed by atoms with van der Waals surface area (Å²) < 4.78 is 59.9. The maximum atomic E-state index is 13.8. The summed E-state index contributed by atoms with van der Waals surface area (Å²) in [5.74, 6) is -0.262. The van der Waals surface area contributed by atoms with Crippen molar-refractivity contribution in [2.24, 2.45) is 0 Å². The van der Waals surface area contributed by atoms with Gasteiger partial charge in [0.1, 0.15) is 29.0 Å². The van der Waals surface area contributed by atoms with Gasteiger partial charge in [-0.3, -0.25) is 4.79 Å². The van der Waals surface area contributed by atoms with Crippen molar-refractivity contribution in [3.05, 3.63) is 59.7 Å². The first-order chi connectivity index (χ1) is 14.2. The molecule has 10 heteroatoms. The van der Waals surface area contributed by atoms with Crippen LogP contribution >= 0.6 is 11.8 Å². The topological polar surface area (TPSA) is 84.5 Å². The Hall–Kier alpha value is -2.17. The molecule has 160 valence electrons. The SMILES string of the molecule is O=C(Nc1ccc(OC2CSC2)cc1)C1(NS(=O)(=O)Cc2ccc(F)cc2F)CC1. The lowest BCUT2D eigenvalue weighted by molar-refractivity contribution is -0.118. The van der Waals surface area contributed by atoms with E-state index in [2.05, 4.69) is 10.0 Å². The molecule has 2 aromatic rings. The summed E-state index contributed by atoms with van der Waals surface area (Å²) >= 11 is 1.82. The zero-order chi connectivity index (χ0) is 21.4. The van der Waals surface area contributed by atoms with Gasteiger partial charge in [0.05, 0.1) is 5.75 Å². The van der Waals surface area contributed by atoms with Crippen LogP contribution in [0.4, 0.5) is 14.5 Å². The van der Waals surface area contributed by atoms with Crippen molar-refractivity contribution in [1.82, 2.24) is 4.72 Å². The molecule has 2 aromatic carbocycles. The van der Waals surface area contributed by atoms with E-state index in [-0.39, 0.29) is 11.7 Å². The molecule has 2 aliphatic rings. The number of hydrogen-bond donors (Lipinski definition) is 2. The number of sulfonamides is 1. The number of hydrogen-bond acceptors (Lipinski definition) is 5. The maximum absolute atomic E-state index is 13.8. The second kappa shape index (κ2) is 8.16. The molecule has 1 amide bonds. The summed E-state index contributed by atoms with van der Waals surface area (Å²) in [5.41, 5.74) is -0.904. The molecular formula is C20H20F2N2O4S2. The molecule has 1 aliphatic heterocycles. The van der Waals surface area contributed by atoms with Crippen LogP contribution in [0.15, 0.2) is 42.5 Å². The molecule has 6 nitrogen and oxygen atoms in total. The average Bonchev–Trinajstić information content (AvgIpc) is 3.42. The Balaban J connectivity index is 1.37. The van der Waals surface area contributed by atoms with Crippen LogP contribution in [-0.4, -0.2) is 37.5 Å². The third-order valence-electron chi connectivity index (χ3n) is 4.92. The van der Waals surface area contributed by atoms with Crippen LogP contribution < -0.4 is 14.8 Å². The second-order valence-corrected chi connectivity index (χ2v) is 10.2. The van der Waals surface area contributed by atoms with Gasteiger partial charge in [-0.25, -0.2) is 17.2 Å². The van der Waals surface area contributed by atoms with Gasteiger partial charge in [0.25, 0.3) is 0 Å². The summed E-state index contributed by atoms with van der Waals surface area (Å²) in [7, 11) is -4.01. The number of rotatable bonds is 8. The summed E-state index contributed by atoms with van der Waals surface area (Å²) in [6.45, 7) is 0. The number of halogens is 2. The molecule has 1 heterocycles. The lowest BCUT2D eigenvalue weighted by Gasteiger charge is -2.25. The highest BCUT2D eigenvalue weighted by atomic mass is 32.2. The number of nitrogens with one attached hydrogen (secondary N) is 2. The van der Waals surface area contributed by atoms with Crippen molar-refractivity contribution in [3.63, 3.8) is 0 Å². The lowest BCUT2D eigenvalue weighted by Crippen LogP contribution is -2.46. The number of carbonyl (C=O) groups excluding carboxylic acids is 1. The van der Waals surface area contributed by atoms with E-state index in [9.17, 15) is 22.0 Å². The number of amides is 1. The van der Waals surface area contributed by atoms with Gasteiger partial charge in [-0.2, -0.15) is 16.5 Å². The van der Waals surface area contributed by atoms with E-state index in [0.29, 0.717) is 30.3 Å². The second-order valence-electron chi connectivity index (χ2n) is 7.43. The summed E-state index contributed by atoms with van der Waals surface area (Å²) in [5, 5.41) is 2.71. The van der Waals surface area contributed by atoms with Gasteiger partial charge in [-0.15, -0.1) is 0 Å². The van der Waals surface area contributed by atoms with Crippen molar-refractivity contribution in [1.29, 1.82) is 0 Å².